The van der Waals surface area contributed by atoms with Gasteiger partial charge in [0, 0.05) is 0 Å². The first-order valence-corrected chi connectivity index (χ1v) is 6.68. The third-order valence-corrected chi connectivity index (χ3v) is 4.02. The number of rotatable bonds is 3. The molecule has 3 nitrogen and oxygen atoms in total. The summed E-state index contributed by atoms with van der Waals surface area (Å²) in [7, 11) is 0. The molecule has 15 heavy (non-hydrogen) atoms. The lowest BCUT2D eigenvalue weighted by molar-refractivity contribution is 0.134. The predicted molar refractivity (Wildman–Crippen MR) is 61.5 cm³/mol. The molecule has 84 valence electrons. The lowest BCUT2D eigenvalue weighted by atomic mass is 9.89. The molecule has 0 aliphatic heterocycles. The summed E-state index contributed by atoms with van der Waals surface area (Å²) >= 11 is 7.11. The van der Waals surface area contributed by atoms with Crippen LogP contribution in [0.4, 0.5) is 0 Å². The minimum Gasteiger partial charge on any atom is -0.466 e. The summed E-state index contributed by atoms with van der Waals surface area (Å²) in [6.45, 7) is 2.30. The van der Waals surface area contributed by atoms with E-state index in [0.29, 0.717) is 17.2 Å². The highest BCUT2D eigenvalue weighted by atomic mass is 35.5. The Hall–Kier alpha value is -0.350. The van der Waals surface area contributed by atoms with Crippen molar-refractivity contribution in [3.63, 3.8) is 0 Å². The molecular formula is C10H15ClN2OS. The van der Waals surface area contributed by atoms with Gasteiger partial charge < -0.3 is 4.74 Å². The number of hydrogen-bond acceptors (Lipinski definition) is 4. The maximum absolute atomic E-state index is 5.77. The Morgan fingerprint density at radius 1 is 1.33 bits per heavy atom. The molecule has 1 fully saturated rings. The van der Waals surface area contributed by atoms with E-state index in [1.807, 2.05) is 0 Å². The first-order chi connectivity index (χ1) is 7.28. The first kappa shape index (κ1) is 11.1. The SMILES string of the molecule is CC1CCC(Oc2nnc(CCl)s2)CC1. The number of hydrogen-bond donors (Lipinski definition) is 0. The van der Waals surface area contributed by atoms with Crippen LogP contribution in [-0.4, -0.2) is 16.3 Å². The van der Waals surface area contributed by atoms with Gasteiger partial charge in [-0.15, -0.1) is 21.8 Å². The van der Waals surface area contributed by atoms with E-state index in [9.17, 15) is 0 Å². The smallest absolute Gasteiger partial charge is 0.294 e. The molecule has 1 heterocycles. The zero-order valence-electron chi connectivity index (χ0n) is 8.78. The summed E-state index contributed by atoms with van der Waals surface area (Å²) in [5, 5.41) is 9.39. The highest BCUT2D eigenvalue weighted by molar-refractivity contribution is 7.13. The standard InChI is InChI=1S/C10H15ClN2OS/c1-7-2-4-8(5-3-7)14-10-13-12-9(6-11)15-10/h7-8H,2-6H2,1H3. The van der Waals surface area contributed by atoms with Gasteiger partial charge >= 0.3 is 0 Å². The van der Waals surface area contributed by atoms with Gasteiger partial charge in [0.15, 0.2) is 0 Å². The van der Waals surface area contributed by atoms with Crippen LogP contribution in [0, 0.1) is 5.92 Å². The van der Waals surface area contributed by atoms with E-state index in [1.165, 1.54) is 24.2 Å². The summed E-state index contributed by atoms with van der Waals surface area (Å²) < 4.78 is 5.77. The van der Waals surface area contributed by atoms with E-state index in [0.717, 1.165) is 23.8 Å². The van der Waals surface area contributed by atoms with Gasteiger partial charge in [0.05, 0.1) is 5.88 Å². The molecule has 1 aromatic rings. The highest BCUT2D eigenvalue weighted by Gasteiger charge is 2.20. The van der Waals surface area contributed by atoms with Crippen molar-refractivity contribution in [2.75, 3.05) is 0 Å². The molecule has 0 aromatic carbocycles. The maximum atomic E-state index is 5.77. The van der Waals surface area contributed by atoms with Crippen molar-refractivity contribution in [2.24, 2.45) is 5.92 Å². The summed E-state index contributed by atoms with van der Waals surface area (Å²) in [6.07, 6.45) is 5.11. The minimum atomic E-state index is 0.331. The van der Waals surface area contributed by atoms with Gasteiger partial charge in [-0.3, -0.25) is 0 Å². The van der Waals surface area contributed by atoms with E-state index in [2.05, 4.69) is 17.1 Å². The van der Waals surface area contributed by atoms with Gasteiger partial charge in [0.1, 0.15) is 11.1 Å². The molecule has 0 unspecified atom stereocenters. The van der Waals surface area contributed by atoms with E-state index < -0.39 is 0 Å². The molecule has 5 heteroatoms. The van der Waals surface area contributed by atoms with E-state index in [-0.39, 0.29) is 0 Å². The van der Waals surface area contributed by atoms with Crippen molar-refractivity contribution >= 4 is 22.9 Å². The second kappa shape index (κ2) is 5.12. The van der Waals surface area contributed by atoms with Crippen LogP contribution < -0.4 is 4.74 Å². The fourth-order valence-electron chi connectivity index (χ4n) is 1.83. The third kappa shape index (κ3) is 3.05. The topological polar surface area (TPSA) is 35.0 Å². The molecule has 1 aliphatic rings. The number of alkyl halides is 1. The van der Waals surface area contributed by atoms with Crippen LogP contribution in [0.15, 0.2) is 0 Å². The summed E-state index contributed by atoms with van der Waals surface area (Å²) in [6, 6.07) is 0. The maximum Gasteiger partial charge on any atom is 0.294 e. The van der Waals surface area contributed by atoms with Crippen molar-refractivity contribution in [3.8, 4) is 5.19 Å². The Kier molecular flexibility index (Phi) is 3.81. The van der Waals surface area contributed by atoms with Crippen LogP contribution in [0.25, 0.3) is 0 Å². The average molecular weight is 247 g/mol. The van der Waals surface area contributed by atoms with Crippen LogP contribution in [0.2, 0.25) is 0 Å². The molecule has 0 spiro atoms. The zero-order valence-corrected chi connectivity index (χ0v) is 10.4. The fourth-order valence-corrected chi connectivity index (χ4v) is 2.65. The second-order valence-corrected chi connectivity index (χ2v) is 5.39. The van der Waals surface area contributed by atoms with Crippen molar-refractivity contribution in [1.82, 2.24) is 10.2 Å². The molecule has 0 bridgehead atoms. The van der Waals surface area contributed by atoms with Gasteiger partial charge in [0.2, 0.25) is 0 Å². The average Bonchev–Trinajstić information content (AvgIpc) is 2.69. The molecule has 1 saturated carbocycles. The van der Waals surface area contributed by atoms with E-state index >= 15 is 0 Å². The van der Waals surface area contributed by atoms with E-state index in [4.69, 9.17) is 16.3 Å². The van der Waals surface area contributed by atoms with Gasteiger partial charge in [-0.2, -0.15) is 0 Å². The van der Waals surface area contributed by atoms with Crippen molar-refractivity contribution < 1.29 is 4.74 Å². The molecule has 0 N–H and O–H groups in total. The Bertz CT molecular complexity index is 310. The van der Waals surface area contributed by atoms with Crippen molar-refractivity contribution in [2.45, 2.75) is 44.6 Å². The Balaban J connectivity index is 1.86. The van der Waals surface area contributed by atoms with Gasteiger partial charge in [-0.05, 0) is 31.6 Å². The van der Waals surface area contributed by atoms with Gasteiger partial charge in [0.25, 0.3) is 5.19 Å². The molecule has 1 aromatic heterocycles. The Morgan fingerprint density at radius 2 is 2.07 bits per heavy atom. The molecule has 0 amide bonds. The Labute approximate surface area is 98.8 Å². The molecule has 2 rings (SSSR count). The lowest BCUT2D eigenvalue weighted by Crippen LogP contribution is -2.22. The van der Waals surface area contributed by atoms with Crippen LogP contribution in [0.5, 0.6) is 5.19 Å². The number of halogens is 1. The predicted octanol–water partition coefficient (Wildman–Crippen LogP) is 3.23. The van der Waals surface area contributed by atoms with Crippen LogP contribution in [0.3, 0.4) is 0 Å². The van der Waals surface area contributed by atoms with E-state index in [1.54, 1.807) is 0 Å². The van der Waals surface area contributed by atoms with Gasteiger partial charge in [-0.25, -0.2) is 0 Å². The van der Waals surface area contributed by atoms with Crippen LogP contribution in [0.1, 0.15) is 37.6 Å². The summed E-state index contributed by atoms with van der Waals surface area (Å²) in [5.74, 6) is 1.26. The summed E-state index contributed by atoms with van der Waals surface area (Å²) in [5.41, 5.74) is 0. The van der Waals surface area contributed by atoms with Crippen molar-refractivity contribution in [1.29, 1.82) is 0 Å². The minimum absolute atomic E-state index is 0.331. The molecule has 0 saturated heterocycles. The lowest BCUT2D eigenvalue weighted by Gasteiger charge is -2.25. The molecule has 0 atom stereocenters. The largest absolute Gasteiger partial charge is 0.466 e. The van der Waals surface area contributed by atoms with Crippen molar-refractivity contribution in [3.05, 3.63) is 5.01 Å². The second-order valence-electron chi connectivity index (χ2n) is 4.10. The molecule has 0 radical (unpaired) electrons. The van der Waals surface area contributed by atoms with Crippen LogP contribution >= 0.6 is 22.9 Å². The molecular weight excluding hydrogens is 232 g/mol. The molecule has 1 aliphatic carbocycles. The third-order valence-electron chi connectivity index (χ3n) is 2.79. The zero-order chi connectivity index (χ0) is 10.7. The highest BCUT2D eigenvalue weighted by Crippen LogP contribution is 2.28. The van der Waals surface area contributed by atoms with Gasteiger partial charge in [-0.1, -0.05) is 18.3 Å². The normalized spacial score (nSPS) is 26.5. The quantitative estimate of drug-likeness (QED) is 0.768. The van der Waals surface area contributed by atoms with Crippen LogP contribution in [-0.2, 0) is 5.88 Å². The Morgan fingerprint density at radius 3 is 2.67 bits per heavy atom. The number of aromatic nitrogens is 2. The fraction of sp³-hybridized carbons (Fsp3) is 0.800. The monoisotopic (exact) mass is 246 g/mol. The first-order valence-electron chi connectivity index (χ1n) is 5.33. The number of nitrogens with zero attached hydrogens (tertiary/aromatic N) is 2. The number of ether oxygens (including phenoxy) is 1. The summed E-state index contributed by atoms with van der Waals surface area (Å²) in [4.78, 5) is 0.